The highest BCUT2D eigenvalue weighted by molar-refractivity contribution is 7.27. The minimum Gasteiger partial charge on any atom is -0.309 e. The van der Waals surface area contributed by atoms with E-state index in [0.717, 1.165) is 17.1 Å². The van der Waals surface area contributed by atoms with Gasteiger partial charge in [-0.2, -0.15) is 0 Å². The van der Waals surface area contributed by atoms with Gasteiger partial charge in [0.1, 0.15) is 0 Å². The average molecular weight is 743 g/mol. The van der Waals surface area contributed by atoms with Crippen molar-refractivity contribution in [2.75, 3.05) is 4.90 Å². The molecule has 0 radical (unpaired) electrons. The van der Waals surface area contributed by atoms with Gasteiger partial charge < -0.3 is 9.47 Å². The molecule has 0 N–H and O–H groups in total. The van der Waals surface area contributed by atoms with Crippen LogP contribution in [0.4, 0.5) is 17.1 Å². The minimum absolute atomic E-state index is 1.12. The second kappa shape index (κ2) is 12.7. The predicted octanol–water partition coefficient (Wildman–Crippen LogP) is 15.7. The van der Waals surface area contributed by atoms with Gasteiger partial charge in [0.15, 0.2) is 0 Å². The van der Waals surface area contributed by atoms with Crippen LogP contribution in [-0.2, 0) is 0 Å². The Bertz CT molecular complexity index is 3530. The van der Waals surface area contributed by atoms with Gasteiger partial charge in [0, 0.05) is 43.0 Å². The summed E-state index contributed by atoms with van der Waals surface area (Å²) in [6.07, 6.45) is 0. The van der Waals surface area contributed by atoms with Gasteiger partial charge >= 0.3 is 0 Å². The van der Waals surface area contributed by atoms with Crippen LogP contribution in [0.3, 0.4) is 0 Å². The van der Waals surface area contributed by atoms with Crippen molar-refractivity contribution in [3.05, 3.63) is 206 Å². The zero-order chi connectivity index (χ0) is 37.5. The SMILES string of the molecule is c1ccc(-n2c3ccccc3c3cc(N(c4ccc(-c5cccc6ccccc56)c5ccccc45)c4cccc5c4sc4c6ccccc6ccc54)ccc32)cc1. The molecule has 0 saturated heterocycles. The number of benzene rings is 10. The van der Waals surface area contributed by atoms with Crippen molar-refractivity contribution in [2.24, 2.45) is 0 Å². The van der Waals surface area contributed by atoms with Crippen molar-refractivity contribution >= 4 is 103 Å². The van der Waals surface area contributed by atoms with E-state index in [4.69, 9.17) is 0 Å². The third-order valence-corrected chi connectivity index (χ3v) is 13.0. The number of hydrogen-bond acceptors (Lipinski definition) is 2. The second-order valence-corrected chi connectivity index (χ2v) is 15.9. The Labute approximate surface area is 333 Å². The molecule has 0 bridgehead atoms. The largest absolute Gasteiger partial charge is 0.309 e. The van der Waals surface area contributed by atoms with Crippen LogP contribution < -0.4 is 4.90 Å². The monoisotopic (exact) mass is 742 g/mol. The molecule has 3 heteroatoms. The van der Waals surface area contributed by atoms with Crippen molar-refractivity contribution in [3.8, 4) is 16.8 Å². The third-order valence-electron chi connectivity index (χ3n) is 11.8. The fourth-order valence-corrected chi connectivity index (χ4v) is 10.6. The Kier molecular flexibility index (Phi) is 7.13. The standard InChI is InChI=1S/C54H34N2S/c1-2-17-37(18-3-1)55-49-26-11-10-23-45(49)48-34-38(29-32-51(48)55)56(52-27-13-25-46-47-30-28-36-15-5-7-20-40(36)53(47)57-54(46)52)50-33-31-43(42-21-8-9-22-44(42)50)41-24-12-16-35-14-4-6-19-39(35)41/h1-34H. The molecule has 0 spiro atoms. The summed E-state index contributed by atoms with van der Waals surface area (Å²) in [5.41, 5.74) is 9.47. The molecule has 0 fully saturated rings. The van der Waals surface area contributed by atoms with E-state index in [1.54, 1.807) is 0 Å². The molecule has 0 atom stereocenters. The van der Waals surface area contributed by atoms with Crippen LogP contribution in [-0.4, -0.2) is 4.57 Å². The number of rotatable bonds is 5. The van der Waals surface area contributed by atoms with E-state index in [0.29, 0.717) is 0 Å². The summed E-state index contributed by atoms with van der Waals surface area (Å²) in [5.74, 6) is 0. The molecule has 0 aliphatic rings. The molecule has 0 amide bonds. The van der Waals surface area contributed by atoms with Gasteiger partial charge in [0.25, 0.3) is 0 Å². The highest BCUT2D eigenvalue weighted by atomic mass is 32.1. The first-order chi connectivity index (χ1) is 28.3. The normalized spacial score (nSPS) is 11.9. The lowest BCUT2D eigenvalue weighted by atomic mass is 9.93. The summed E-state index contributed by atoms with van der Waals surface area (Å²) >= 11 is 1.90. The molecular formula is C54H34N2S. The highest BCUT2D eigenvalue weighted by Crippen LogP contribution is 2.49. The van der Waals surface area contributed by atoms with Gasteiger partial charge in [-0.3, -0.25) is 0 Å². The molecule has 0 aliphatic carbocycles. The topological polar surface area (TPSA) is 8.17 Å². The number of para-hydroxylation sites is 2. The zero-order valence-corrected chi connectivity index (χ0v) is 31.7. The minimum atomic E-state index is 1.12. The maximum Gasteiger partial charge on any atom is 0.0640 e. The lowest BCUT2D eigenvalue weighted by Gasteiger charge is -2.28. The van der Waals surface area contributed by atoms with Gasteiger partial charge in [-0.15, -0.1) is 11.3 Å². The summed E-state index contributed by atoms with van der Waals surface area (Å²) < 4.78 is 5.00. The first-order valence-electron chi connectivity index (χ1n) is 19.5. The van der Waals surface area contributed by atoms with Crippen LogP contribution in [0, 0.1) is 0 Å². The van der Waals surface area contributed by atoms with Crippen LogP contribution in [0.2, 0.25) is 0 Å². The molecule has 2 heterocycles. The Balaban J connectivity index is 1.16. The quantitative estimate of drug-likeness (QED) is 0.170. The van der Waals surface area contributed by atoms with Crippen LogP contribution in [0.5, 0.6) is 0 Å². The molecule has 57 heavy (non-hydrogen) atoms. The first kappa shape index (κ1) is 32.1. The van der Waals surface area contributed by atoms with Gasteiger partial charge in [0.2, 0.25) is 0 Å². The summed E-state index contributed by atoms with van der Waals surface area (Å²) in [6.45, 7) is 0. The van der Waals surface area contributed by atoms with Gasteiger partial charge in [-0.25, -0.2) is 0 Å². The number of nitrogens with zero attached hydrogens (tertiary/aromatic N) is 2. The molecule has 10 aromatic carbocycles. The van der Waals surface area contributed by atoms with Gasteiger partial charge in [0.05, 0.1) is 27.1 Å². The first-order valence-corrected chi connectivity index (χ1v) is 20.3. The smallest absolute Gasteiger partial charge is 0.0640 e. The molecule has 266 valence electrons. The molecule has 12 rings (SSSR count). The van der Waals surface area contributed by atoms with Crippen LogP contribution in [0.15, 0.2) is 206 Å². The fourth-order valence-electron chi connectivity index (χ4n) is 9.22. The van der Waals surface area contributed by atoms with Gasteiger partial charge in [-0.05, 0) is 86.6 Å². The lowest BCUT2D eigenvalue weighted by molar-refractivity contribution is 1.18. The van der Waals surface area contributed by atoms with Crippen LogP contribution in [0.1, 0.15) is 0 Å². The predicted molar refractivity (Wildman–Crippen MR) is 246 cm³/mol. The van der Waals surface area contributed by atoms with E-state index >= 15 is 0 Å². The molecule has 0 saturated carbocycles. The van der Waals surface area contributed by atoms with E-state index in [9.17, 15) is 0 Å². The van der Waals surface area contributed by atoms with Crippen molar-refractivity contribution in [2.45, 2.75) is 0 Å². The number of aromatic nitrogens is 1. The van der Waals surface area contributed by atoms with Crippen molar-refractivity contribution in [1.29, 1.82) is 0 Å². The highest BCUT2D eigenvalue weighted by Gasteiger charge is 2.23. The summed E-state index contributed by atoms with van der Waals surface area (Å²) in [6, 6.07) is 75.7. The fraction of sp³-hybridized carbons (Fsp3) is 0. The number of thiophene rings is 1. The average Bonchev–Trinajstić information content (AvgIpc) is 3.83. The van der Waals surface area contributed by atoms with E-state index in [1.807, 2.05) is 11.3 Å². The Morgan fingerprint density at radius 1 is 0.333 bits per heavy atom. The molecule has 2 aromatic heterocycles. The maximum absolute atomic E-state index is 2.52. The second-order valence-electron chi connectivity index (χ2n) is 14.8. The Morgan fingerprint density at radius 2 is 0.947 bits per heavy atom. The van der Waals surface area contributed by atoms with Gasteiger partial charge in [-0.1, -0.05) is 158 Å². The van der Waals surface area contributed by atoms with E-state index in [1.165, 1.54) is 91.1 Å². The van der Waals surface area contributed by atoms with E-state index in [-0.39, 0.29) is 0 Å². The summed E-state index contributed by atoms with van der Waals surface area (Å²) in [7, 11) is 0. The molecular weight excluding hydrogens is 709 g/mol. The maximum atomic E-state index is 2.52. The molecule has 12 aromatic rings. The lowest BCUT2D eigenvalue weighted by Crippen LogP contribution is -2.11. The number of hydrogen-bond donors (Lipinski definition) is 0. The molecule has 0 unspecified atom stereocenters. The van der Waals surface area contributed by atoms with E-state index < -0.39 is 0 Å². The number of fused-ring (bicyclic) bond motifs is 10. The Morgan fingerprint density at radius 3 is 1.81 bits per heavy atom. The van der Waals surface area contributed by atoms with Crippen molar-refractivity contribution in [3.63, 3.8) is 0 Å². The van der Waals surface area contributed by atoms with Crippen LogP contribution >= 0.6 is 11.3 Å². The van der Waals surface area contributed by atoms with Crippen molar-refractivity contribution in [1.82, 2.24) is 4.57 Å². The Hall–Kier alpha value is -7.20. The molecule has 0 aliphatic heterocycles. The summed E-state index contributed by atoms with van der Waals surface area (Å²) in [5, 5.41) is 12.6. The number of anilines is 3. The van der Waals surface area contributed by atoms with Crippen molar-refractivity contribution < 1.29 is 0 Å². The van der Waals surface area contributed by atoms with Crippen LogP contribution in [0.25, 0.3) is 91.1 Å². The zero-order valence-electron chi connectivity index (χ0n) is 30.9. The summed E-state index contributed by atoms with van der Waals surface area (Å²) in [4.78, 5) is 2.52. The van der Waals surface area contributed by atoms with E-state index in [2.05, 4.69) is 216 Å². The molecule has 2 nitrogen and oxygen atoms in total. The third kappa shape index (κ3) is 4.89.